The summed E-state index contributed by atoms with van der Waals surface area (Å²) in [4.78, 5) is 24.5. The average Bonchev–Trinajstić information content (AvgIpc) is 2.51. The number of carbonyl (C=O) groups is 2. The van der Waals surface area contributed by atoms with E-state index in [-0.39, 0.29) is 23.3 Å². The minimum atomic E-state index is -0.620. The zero-order valence-electron chi connectivity index (χ0n) is 15.2. The van der Waals surface area contributed by atoms with Gasteiger partial charge in [-0.05, 0) is 24.6 Å². The van der Waals surface area contributed by atoms with E-state index in [1.807, 2.05) is 0 Å². The number of Topliss-reactive ketones (excluding diaryl/α,β-unsaturated/α-hetero) is 1. The van der Waals surface area contributed by atoms with Gasteiger partial charge in [0.05, 0.1) is 12.3 Å². The van der Waals surface area contributed by atoms with Crippen LogP contribution in [0, 0.1) is 17.2 Å². The number of halogens is 1. The summed E-state index contributed by atoms with van der Waals surface area (Å²) in [6.07, 6.45) is 2.62. The molecule has 0 heterocycles. The Kier molecular flexibility index (Phi) is 7.55. The van der Waals surface area contributed by atoms with Crippen molar-refractivity contribution in [2.75, 3.05) is 19.0 Å². The SMILES string of the molecule is CCCCC(COC)C(=O)c1ccc(NC(=O)C(C)(C)C)c(F)c1. The van der Waals surface area contributed by atoms with E-state index in [0.717, 1.165) is 12.8 Å². The Balaban J connectivity index is 2.92. The van der Waals surface area contributed by atoms with E-state index in [1.165, 1.54) is 12.1 Å². The molecule has 1 rings (SSSR count). The van der Waals surface area contributed by atoms with Crippen LogP contribution in [-0.4, -0.2) is 25.4 Å². The highest BCUT2D eigenvalue weighted by Gasteiger charge is 2.24. The third-order valence-electron chi connectivity index (χ3n) is 3.83. The molecule has 0 spiro atoms. The first-order valence-electron chi connectivity index (χ1n) is 8.34. The Morgan fingerprint density at radius 3 is 2.46 bits per heavy atom. The molecule has 1 N–H and O–H groups in total. The highest BCUT2D eigenvalue weighted by atomic mass is 19.1. The number of hydrogen-bond donors (Lipinski definition) is 1. The molecule has 0 fully saturated rings. The number of ketones is 1. The van der Waals surface area contributed by atoms with E-state index in [2.05, 4.69) is 12.2 Å². The van der Waals surface area contributed by atoms with Crippen molar-refractivity contribution in [1.82, 2.24) is 0 Å². The molecule has 1 aromatic rings. The number of nitrogens with one attached hydrogen (secondary N) is 1. The van der Waals surface area contributed by atoms with Crippen LogP contribution in [0.2, 0.25) is 0 Å². The van der Waals surface area contributed by atoms with Crippen molar-refractivity contribution >= 4 is 17.4 Å². The third-order valence-corrected chi connectivity index (χ3v) is 3.83. The lowest BCUT2D eigenvalue weighted by molar-refractivity contribution is -0.123. The van der Waals surface area contributed by atoms with Crippen molar-refractivity contribution in [1.29, 1.82) is 0 Å². The van der Waals surface area contributed by atoms with E-state index < -0.39 is 11.2 Å². The highest BCUT2D eigenvalue weighted by molar-refractivity contribution is 5.99. The van der Waals surface area contributed by atoms with Crippen LogP contribution < -0.4 is 5.32 Å². The molecule has 0 radical (unpaired) electrons. The van der Waals surface area contributed by atoms with Gasteiger partial charge in [0.1, 0.15) is 5.82 Å². The standard InChI is InChI=1S/C19H28FNO3/c1-6-7-8-14(12-24-5)17(22)13-9-10-16(15(20)11-13)21-18(23)19(2,3)4/h9-11,14H,6-8,12H2,1-5H3,(H,21,23). The Labute approximate surface area is 143 Å². The second kappa shape index (κ2) is 8.92. The number of hydrogen-bond acceptors (Lipinski definition) is 3. The maximum absolute atomic E-state index is 14.3. The van der Waals surface area contributed by atoms with Gasteiger partial charge >= 0.3 is 0 Å². The summed E-state index contributed by atoms with van der Waals surface area (Å²) in [5, 5.41) is 2.56. The molecule has 0 saturated heterocycles. The molecule has 4 nitrogen and oxygen atoms in total. The smallest absolute Gasteiger partial charge is 0.229 e. The Morgan fingerprint density at radius 1 is 1.29 bits per heavy atom. The van der Waals surface area contributed by atoms with Crippen molar-refractivity contribution in [3.05, 3.63) is 29.6 Å². The molecule has 0 saturated carbocycles. The Morgan fingerprint density at radius 2 is 1.96 bits per heavy atom. The Hall–Kier alpha value is -1.75. The molecular formula is C19H28FNO3. The number of methoxy groups -OCH3 is 1. The van der Waals surface area contributed by atoms with Crippen LogP contribution in [0.4, 0.5) is 10.1 Å². The zero-order chi connectivity index (χ0) is 18.3. The van der Waals surface area contributed by atoms with Gasteiger partial charge in [-0.3, -0.25) is 9.59 Å². The van der Waals surface area contributed by atoms with Crippen LogP contribution in [0.3, 0.4) is 0 Å². The first-order chi connectivity index (χ1) is 11.2. The van der Waals surface area contributed by atoms with Crippen LogP contribution in [0.25, 0.3) is 0 Å². The van der Waals surface area contributed by atoms with Gasteiger partial charge in [-0.1, -0.05) is 40.5 Å². The number of anilines is 1. The first-order valence-corrected chi connectivity index (χ1v) is 8.34. The fourth-order valence-electron chi connectivity index (χ4n) is 2.26. The summed E-state index contributed by atoms with van der Waals surface area (Å²) >= 11 is 0. The second-order valence-corrected chi connectivity index (χ2v) is 7.06. The molecule has 0 aliphatic heterocycles. The number of carbonyl (C=O) groups excluding carboxylic acids is 2. The van der Waals surface area contributed by atoms with E-state index >= 15 is 0 Å². The number of ether oxygens (including phenoxy) is 1. The lowest BCUT2D eigenvalue weighted by atomic mass is 9.93. The lowest BCUT2D eigenvalue weighted by Gasteiger charge is -2.18. The summed E-state index contributed by atoms with van der Waals surface area (Å²) < 4.78 is 19.4. The number of rotatable bonds is 8. The van der Waals surface area contributed by atoms with Crippen LogP contribution in [0.1, 0.15) is 57.3 Å². The molecular weight excluding hydrogens is 309 g/mol. The molecule has 5 heteroatoms. The van der Waals surface area contributed by atoms with Crippen LogP contribution in [0.5, 0.6) is 0 Å². The molecule has 1 amide bonds. The molecule has 1 atom stereocenters. The Bertz CT molecular complexity index is 578. The highest BCUT2D eigenvalue weighted by Crippen LogP contribution is 2.23. The molecule has 0 aliphatic carbocycles. The molecule has 0 aromatic heterocycles. The normalized spacial score (nSPS) is 12.8. The predicted molar refractivity (Wildman–Crippen MR) is 93.7 cm³/mol. The first kappa shape index (κ1) is 20.3. The maximum Gasteiger partial charge on any atom is 0.229 e. The average molecular weight is 337 g/mol. The molecule has 134 valence electrons. The second-order valence-electron chi connectivity index (χ2n) is 7.06. The van der Waals surface area contributed by atoms with E-state index in [1.54, 1.807) is 33.9 Å². The summed E-state index contributed by atoms with van der Waals surface area (Å²) in [5.74, 6) is -1.28. The van der Waals surface area contributed by atoms with Crippen molar-refractivity contribution in [2.24, 2.45) is 11.3 Å². The van der Waals surface area contributed by atoms with Gasteiger partial charge in [0.25, 0.3) is 0 Å². The van der Waals surface area contributed by atoms with Crippen LogP contribution in [-0.2, 0) is 9.53 Å². The number of amides is 1. The van der Waals surface area contributed by atoms with Crippen LogP contribution in [0.15, 0.2) is 18.2 Å². The fraction of sp³-hybridized carbons (Fsp3) is 0.579. The van der Waals surface area contributed by atoms with Crippen LogP contribution >= 0.6 is 0 Å². The van der Waals surface area contributed by atoms with Gasteiger partial charge in [-0.15, -0.1) is 0 Å². The summed E-state index contributed by atoms with van der Waals surface area (Å²) in [6.45, 7) is 7.63. The fourth-order valence-corrected chi connectivity index (χ4v) is 2.26. The third kappa shape index (κ3) is 5.71. The van der Waals surface area contributed by atoms with Crippen molar-refractivity contribution in [3.63, 3.8) is 0 Å². The number of benzene rings is 1. The van der Waals surface area contributed by atoms with Gasteiger partial charge in [0.2, 0.25) is 5.91 Å². The van der Waals surface area contributed by atoms with E-state index in [4.69, 9.17) is 4.74 Å². The minimum absolute atomic E-state index is 0.0864. The van der Waals surface area contributed by atoms with Gasteiger partial charge in [0, 0.05) is 24.0 Å². The van der Waals surface area contributed by atoms with E-state index in [9.17, 15) is 14.0 Å². The van der Waals surface area contributed by atoms with Gasteiger partial charge in [0.15, 0.2) is 5.78 Å². The summed E-state index contributed by atoms with van der Waals surface area (Å²) in [5.41, 5.74) is -0.229. The lowest BCUT2D eigenvalue weighted by Crippen LogP contribution is -2.28. The molecule has 24 heavy (non-hydrogen) atoms. The van der Waals surface area contributed by atoms with Crippen molar-refractivity contribution < 1.29 is 18.7 Å². The summed E-state index contributed by atoms with van der Waals surface area (Å²) in [6, 6.07) is 4.18. The monoisotopic (exact) mass is 337 g/mol. The minimum Gasteiger partial charge on any atom is -0.384 e. The largest absolute Gasteiger partial charge is 0.384 e. The van der Waals surface area contributed by atoms with Gasteiger partial charge in [-0.25, -0.2) is 4.39 Å². The van der Waals surface area contributed by atoms with E-state index in [0.29, 0.717) is 18.6 Å². The summed E-state index contributed by atoms with van der Waals surface area (Å²) in [7, 11) is 1.55. The quantitative estimate of drug-likeness (QED) is 0.713. The maximum atomic E-state index is 14.3. The molecule has 1 unspecified atom stereocenters. The predicted octanol–water partition coefficient (Wildman–Crippen LogP) is 4.45. The van der Waals surface area contributed by atoms with Crippen molar-refractivity contribution in [2.45, 2.75) is 47.0 Å². The molecule has 0 aliphatic rings. The number of unbranched alkanes of at least 4 members (excludes halogenated alkanes) is 1. The molecule has 1 aromatic carbocycles. The topological polar surface area (TPSA) is 55.4 Å². The zero-order valence-corrected chi connectivity index (χ0v) is 15.2. The van der Waals surface area contributed by atoms with Gasteiger partial charge < -0.3 is 10.1 Å². The van der Waals surface area contributed by atoms with Crippen molar-refractivity contribution in [3.8, 4) is 0 Å². The van der Waals surface area contributed by atoms with Gasteiger partial charge in [-0.2, -0.15) is 0 Å². The molecule has 0 bridgehead atoms.